The van der Waals surface area contributed by atoms with Gasteiger partial charge in [0.1, 0.15) is 5.56 Å². The van der Waals surface area contributed by atoms with Gasteiger partial charge in [-0.15, -0.1) is 0 Å². The molecule has 146 valence electrons. The number of carbonyl (C=O) groups is 1. The summed E-state index contributed by atoms with van der Waals surface area (Å²) >= 11 is 1.95. The van der Waals surface area contributed by atoms with Gasteiger partial charge in [0.05, 0.1) is 15.1 Å². The van der Waals surface area contributed by atoms with Crippen LogP contribution in [0.3, 0.4) is 0 Å². The second kappa shape index (κ2) is 8.98. The smallest absolute Gasteiger partial charge is 0.257 e. The third-order valence-corrected chi connectivity index (χ3v) is 6.46. The highest BCUT2D eigenvalue weighted by atomic mass is 127. The van der Waals surface area contributed by atoms with Crippen molar-refractivity contribution < 1.29 is 17.9 Å². The van der Waals surface area contributed by atoms with Gasteiger partial charge in [-0.05, 0) is 47.2 Å². The molecule has 0 spiro atoms. The van der Waals surface area contributed by atoms with Crippen molar-refractivity contribution in [3.05, 3.63) is 61.1 Å². The molecule has 0 saturated carbocycles. The maximum absolute atomic E-state index is 12.5. The lowest BCUT2D eigenvalue weighted by Gasteiger charge is -2.14. The number of nitrogens with zero attached hydrogens (tertiary/aromatic N) is 1. The lowest BCUT2D eigenvalue weighted by Crippen LogP contribution is -2.31. The maximum atomic E-state index is 12.5. The largest absolute Gasteiger partial charge is 0.383 e. The van der Waals surface area contributed by atoms with E-state index < -0.39 is 15.7 Å². The van der Waals surface area contributed by atoms with Crippen LogP contribution in [0.15, 0.2) is 40.2 Å². The zero-order valence-electron chi connectivity index (χ0n) is 15.3. The third-order valence-electron chi connectivity index (χ3n) is 4.06. The highest BCUT2D eigenvalue weighted by molar-refractivity contribution is 14.1. The van der Waals surface area contributed by atoms with Gasteiger partial charge in [0, 0.05) is 38.3 Å². The Kier molecular flexibility index (Phi) is 7.18. The Labute approximate surface area is 171 Å². The fraction of sp³-hybridized carbons (Fsp3) is 0.333. The van der Waals surface area contributed by atoms with Crippen LogP contribution in [0.4, 0.5) is 0 Å². The van der Waals surface area contributed by atoms with E-state index in [1.165, 1.54) is 12.1 Å². The fourth-order valence-electron chi connectivity index (χ4n) is 2.44. The minimum absolute atomic E-state index is 0.0638. The van der Waals surface area contributed by atoms with Crippen LogP contribution < -0.4 is 10.7 Å². The average Bonchev–Trinajstić information content (AvgIpc) is 2.63. The van der Waals surface area contributed by atoms with Crippen molar-refractivity contribution in [3.63, 3.8) is 0 Å². The molecule has 1 N–H and O–H groups in total. The summed E-state index contributed by atoms with van der Waals surface area (Å²) in [5.41, 5.74) is 1.27. The van der Waals surface area contributed by atoms with E-state index in [0.717, 1.165) is 17.5 Å². The molecule has 1 aromatic heterocycles. The van der Waals surface area contributed by atoms with E-state index in [0.29, 0.717) is 16.7 Å². The first kappa shape index (κ1) is 21.6. The number of aromatic nitrogens is 1. The number of hydrogen-bond acceptors (Lipinski definition) is 5. The van der Waals surface area contributed by atoms with Gasteiger partial charge < -0.3 is 14.6 Å². The van der Waals surface area contributed by atoms with Crippen molar-refractivity contribution in [1.82, 2.24) is 9.88 Å². The molecule has 9 heteroatoms. The molecule has 1 heterocycles. The lowest BCUT2D eigenvalue weighted by atomic mass is 10.2. The molecule has 0 aliphatic carbocycles. The molecule has 0 aliphatic heterocycles. The summed E-state index contributed by atoms with van der Waals surface area (Å²) in [4.78, 5) is 25.2. The Morgan fingerprint density at radius 3 is 2.44 bits per heavy atom. The molecule has 0 saturated heterocycles. The Hall–Kier alpha value is -1.72. The normalized spacial score (nSPS) is 11.4. The van der Waals surface area contributed by atoms with Gasteiger partial charge in [0.2, 0.25) is 5.43 Å². The molecule has 0 radical (unpaired) electrons. The van der Waals surface area contributed by atoms with Gasteiger partial charge in [-0.25, -0.2) is 8.42 Å². The first-order valence-electron chi connectivity index (χ1n) is 8.11. The summed E-state index contributed by atoms with van der Waals surface area (Å²) in [5.74, 6) is -0.476. The van der Waals surface area contributed by atoms with Crippen LogP contribution in [-0.4, -0.2) is 38.9 Å². The zero-order valence-corrected chi connectivity index (χ0v) is 18.3. The standard InChI is InChI=1S/C18H21IN2O5S/c1-12-16(19)17(22)15(11-21(12)8-9-26-2)18(23)20-10-13-4-6-14(7-5-13)27(3,24)25/h4-7,11H,8-10H2,1-3H3,(H,20,23). The topological polar surface area (TPSA) is 94.5 Å². The van der Waals surface area contributed by atoms with Gasteiger partial charge in [-0.1, -0.05) is 12.1 Å². The second-order valence-electron chi connectivity index (χ2n) is 6.06. The van der Waals surface area contributed by atoms with Crippen molar-refractivity contribution in [3.8, 4) is 0 Å². The number of halogens is 1. The number of ether oxygens (including phenoxy) is 1. The predicted octanol–water partition coefficient (Wildman–Crippen LogP) is 1.74. The zero-order chi connectivity index (χ0) is 20.2. The molecule has 1 aromatic carbocycles. The predicted molar refractivity (Wildman–Crippen MR) is 111 cm³/mol. The molecular weight excluding hydrogens is 483 g/mol. The minimum atomic E-state index is -3.26. The SMILES string of the molecule is COCCn1cc(C(=O)NCc2ccc(S(C)(=O)=O)cc2)c(=O)c(I)c1C. The highest BCUT2D eigenvalue weighted by Crippen LogP contribution is 2.11. The van der Waals surface area contributed by atoms with Gasteiger partial charge in [-0.3, -0.25) is 9.59 Å². The molecule has 1 amide bonds. The summed E-state index contributed by atoms with van der Waals surface area (Å²) < 4.78 is 30.3. The van der Waals surface area contributed by atoms with E-state index in [2.05, 4.69) is 5.32 Å². The van der Waals surface area contributed by atoms with Crippen molar-refractivity contribution >= 4 is 38.3 Å². The molecule has 27 heavy (non-hydrogen) atoms. The summed E-state index contributed by atoms with van der Waals surface area (Å²) in [6.07, 6.45) is 2.68. The molecule has 2 aromatic rings. The lowest BCUT2D eigenvalue weighted by molar-refractivity contribution is 0.0948. The number of amides is 1. The van der Waals surface area contributed by atoms with Gasteiger partial charge in [0.15, 0.2) is 9.84 Å². The molecule has 0 bridgehead atoms. The number of sulfone groups is 1. The summed E-state index contributed by atoms with van der Waals surface area (Å²) in [6.45, 7) is 3.01. The van der Waals surface area contributed by atoms with Gasteiger partial charge in [-0.2, -0.15) is 0 Å². The third kappa shape index (κ3) is 5.39. The quantitative estimate of drug-likeness (QED) is 0.580. The van der Waals surface area contributed by atoms with E-state index in [-0.39, 0.29) is 22.4 Å². The van der Waals surface area contributed by atoms with Crippen LogP contribution in [0.25, 0.3) is 0 Å². The molecular formula is C18H21IN2O5S. The van der Waals surface area contributed by atoms with Crippen LogP contribution in [0.1, 0.15) is 21.6 Å². The van der Waals surface area contributed by atoms with Crippen LogP contribution in [0, 0.1) is 10.5 Å². The van der Waals surface area contributed by atoms with E-state index >= 15 is 0 Å². The Bertz CT molecular complexity index is 998. The summed E-state index contributed by atoms with van der Waals surface area (Å²) in [5, 5.41) is 2.71. The first-order chi connectivity index (χ1) is 12.6. The van der Waals surface area contributed by atoms with E-state index in [1.54, 1.807) is 25.4 Å². The molecule has 0 fully saturated rings. The Balaban J connectivity index is 2.18. The van der Waals surface area contributed by atoms with Crippen LogP contribution in [0.2, 0.25) is 0 Å². The van der Waals surface area contributed by atoms with Crippen LogP contribution >= 0.6 is 22.6 Å². The molecule has 7 nitrogen and oxygen atoms in total. The van der Waals surface area contributed by atoms with Crippen molar-refractivity contribution in [1.29, 1.82) is 0 Å². The number of carbonyl (C=O) groups excluding carboxylic acids is 1. The van der Waals surface area contributed by atoms with E-state index in [9.17, 15) is 18.0 Å². The van der Waals surface area contributed by atoms with Crippen LogP contribution in [-0.2, 0) is 27.7 Å². The van der Waals surface area contributed by atoms with Gasteiger partial charge >= 0.3 is 0 Å². The molecule has 2 rings (SSSR count). The fourth-order valence-corrected chi connectivity index (χ4v) is 3.67. The number of hydrogen-bond donors (Lipinski definition) is 1. The summed E-state index contributed by atoms with van der Waals surface area (Å²) in [7, 11) is -1.67. The van der Waals surface area contributed by atoms with E-state index in [1.807, 2.05) is 34.1 Å². The number of benzene rings is 1. The number of rotatable bonds is 7. The minimum Gasteiger partial charge on any atom is -0.383 e. The van der Waals surface area contributed by atoms with Crippen molar-refractivity contribution in [2.24, 2.45) is 0 Å². The van der Waals surface area contributed by atoms with Gasteiger partial charge in [0.25, 0.3) is 5.91 Å². The monoisotopic (exact) mass is 504 g/mol. The first-order valence-corrected chi connectivity index (χ1v) is 11.1. The summed E-state index contributed by atoms with van der Waals surface area (Å²) in [6, 6.07) is 6.24. The molecule has 0 aliphatic rings. The van der Waals surface area contributed by atoms with Crippen molar-refractivity contribution in [2.75, 3.05) is 20.0 Å². The Morgan fingerprint density at radius 1 is 1.26 bits per heavy atom. The second-order valence-corrected chi connectivity index (χ2v) is 9.15. The van der Waals surface area contributed by atoms with E-state index in [4.69, 9.17) is 4.74 Å². The highest BCUT2D eigenvalue weighted by Gasteiger charge is 2.16. The maximum Gasteiger partial charge on any atom is 0.257 e. The van der Waals surface area contributed by atoms with Crippen LogP contribution in [0.5, 0.6) is 0 Å². The Morgan fingerprint density at radius 2 is 1.89 bits per heavy atom. The van der Waals surface area contributed by atoms with Crippen molar-refractivity contribution in [2.45, 2.75) is 24.9 Å². The molecule has 0 unspecified atom stereocenters. The molecule has 0 atom stereocenters. The number of nitrogens with one attached hydrogen (secondary N) is 1. The number of methoxy groups -OCH3 is 1. The number of pyridine rings is 1. The average molecular weight is 504 g/mol.